The van der Waals surface area contributed by atoms with E-state index in [1.807, 2.05) is 18.2 Å². The maximum absolute atomic E-state index is 3.43. The fraction of sp³-hybridized carbons (Fsp3) is 0.143. The number of alkyl halides is 1. The Morgan fingerprint density at radius 2 is 1.80 bits per heavy atom. The van der Waals surface area contributed by atoms with Crippen molar-refractivity contribution in [2.24, 2.45) is 0 Å². The molecular weight excluding hydrogens is 309 g/mol. The van der Waals surface area contributed by atoms with E-state index in [4.69, 9.17) is 0 Å². The molecule has 1 aromatic rings. The van der Waals surface area contributed by atoms with Gasteiger partial charge in [0.1, 0.15) is 0 Å². The number of hydrogen-bond donors (Lipinski definition) is 0. The van der Waals surface area contributed by atoms with Gasteiger partial charge in [-0.25, -0.2) is 0 Å². The largest absolute Gasteiger partial charge is 0.0876 e. The number of benzene rings is 1. The fourth-order valence-electron chi connectivity index (χ4n) is 0.607. The van der Waals surface area contributed by atoms with Crippen molar-refractivity contribution in [2.75, 3.05) is 0 Å². The first-order chi connectivity index (χ1) is 4.34. The molecule has 0 spiro atoms. The molecule has 1 aromatic carbocycles. The monoisotopic (exact) mass is 312 g/mol. The molecule has 0 aliphatic rings. The molecule has 0 aliphatic heterocycles. The van der Waals surface area contributed by atoms with Gasteiger partial charge in [-0.15, -0.1) is 0 Å². The van der Waals surface area contributed by atoms with E-state index >= 15 is 0 Å². The molecule has 0 amide bonds. The minimum Gasteiger partial charge on any atom is -0.0876 e. The minimum absolute atomic E-state index is 0. The second kappa shape index (κ2) is 5.45. The van der Waals surface area contributed by atoms with Gasteiger partial charge in [-0.2, -0.15) is 0 Å². The summed E-state index contributed by atoms with van der Waals surface area (Å²) in [7, 11) is 0. The minimum atomic E-state index is 0. The van der Waals surface area contributed by atoms with Crippen molar-refractivity contribution in [3.63, 3.8) is 0 Å². The van der Waals surface area contributed by atoms with Crippen LogP contribution in [-0.2, 0) is 24.8 Å². The first kappa shape index (κ1) is 10.8. The normalized spacial score (nSPS) is 8.60. The summed E-state index contributed by atoms with van der Waals surface area (Å²) in [6.07, 6.45) is 0. The van der Waals surface area contributed by atoms with Crippen molar-refractivity contribution in [1.82, 2.24) is 0 Å². The summed E-state index contributed by atoms with van der Waals surface area (Å²) < 4.78 is 1.17. The van der Waals surface area contributed by atoms with Crippen LogP contribution in [0, 0.1) is 0 Å². The summed E-state index contributed by atoms with van der Waals surface area (Å²) in [4.78, 5) is 0. The Balaban J connectivity index is 0.000000810. The maximum atomic E-state index is 3.43. The summed E-state index contributed by atoms with van der Waals surface area (Å²) in [5.41, 5.74) is 1.29. The predicted molar refractivity (Wildman–Crippen MR) is 46.8 cm³/mol. The van der Waals surface area contributed by atoms with E-state index in [2.05, 4.69) is 37.9 Å². The van der Waals surface area contributed by atoms with Gasteiger partial charge in [0.25, 0.3) is 0 Å². The molecule has 0 saturated heterocycles. The smallest absolute Gasteiger partial charge is 0.0294 e. The van der Waals surface area contributed by atoms with Gasteiger partial charge in [0.05, 0.1) is 0 Å². The van der Waals surface area contributed by atoms with Crippen LogP contribution in [0.15, 0.2) is 28.7 Å². The molecule has 3 heteroatoms. The van der Waals surface area contributed by atoms with E-state index in [1.54, 1.807) is 0 Å². The third-order valence-corrected chi connectivity index (χ3v) is 2.48. The van der Waals surface area contributed by atoms with Crippen molar-refractivity contribution in [1.29, 1.82) is 0 Å². The van der Waals surface area contributed by atoms with Gasteiger partial charge < -0.3 is 0 Å². The van der Waals surface area contributed by atoms with Crippen LogP contribution < -0.4 is 0 Å². The van der Waals surface area contributed by atoms with Gasteiger partial charge in [-0.05, 0) is 11.6 Å². The first-order valence-corrected chi connectivity index (χ1v) is 4.55. The van der Waals surface area contributed by atoms with E-state index in [0.29, 0.717) is 0 Å². The topological polar surface area (TPSA) is 0 Å². The first-order valence-electron chi connectivity index (χ1n) is 2.64. The zero-order chi connectivity index (χ0) is 6.69. The molecule has 0 N–H and O–H groups in total. The van der Waals surface area contributed by atoms with Crippen LogP contribution >= 0.6 is 31.9 Å². The van der Waals surface area contributed by atoms with Crippen molar-refractivity contribution in [3.05, 3.63) is 34.3 Å². The molecule has 0 aliphatic carbocycles. The molecule has 0 saturated carbocycles. The van der Waals surface area contributed by atoms with Crippen LogP contribution in [-0.4, -0.2) is 0 Å². The molecule has 0 atom stereocenters. The van der Waals surface area contributed by atoms with E-state index in [1.165, 1.54) is 10.0 Å². The molecule has 0 aromatic heterocycles. The molecule has 0 fully saturated rings. The molecule has 0 heterocycles. The van der Waals surface area contributed by atoms with E-state index in [0.717, 1.165) is 5.33 Å². The summed E-state index contributed by atoms with van der Waals surface area (Å²) >= 11 is 6.80. The van der Waals surface area contributed by atoms with Crippen molar-refractivity contribution in [2.45, 2.75) is 5.33 Å². The Morgan fingerprint density at radius 3 is 2.20 bits per heavy atom. The molecule has 1 rings (SSSR count). The third-order valence-electron chi connectivity index (χ3n) is 1.10. The van der Waals surface area contributed by atoms with Crippen LogP contribution in [0.1, 0.15) is 5.56 Å². The number of hydrogen-bond acceptors (Lipinski definition) is 0. The average molecular weight is 315 g/mol. The van der Waals surface area contributed by atoms with Gasteiger partial charge in [0, 0.05) is 29.3 Å². The van der Waals surface area contributed by atoms with E-state index in [9.17, 15) is 0 Å². The zero-order valence-electron chi connectivity index (χ0n) is 5.48. The van der Waals surface area contributed by atoms with Crippen LogP contribution in [0.4, 0.5) is 0 Å². The second-order valence-corrected chi connectivity index (χ2v) is 3.14. The van der Waals surface area contributed by atoms with Gasteiger partial charge >= 0.3 is 0 Å². The summed E-state index contributed by atoms with van der Waals surface area (Å²) in [6, 6.07) is 8.16. The zero-order valence-corrected chi connectivity index (χ0v) is 11.6. The molecular formula is C7H6Br2Zn. The standard InChI is InChI=1S/C7H6Br2.Zn/c8-5-6-3-1-2-4-7(6)9;/h1-4H,5H2;. The van der Waals surface area contributed by atoms with Crippen LogP contribution in [0.5, 0.6) is 0 Å². The Labute approximate surface area is 90.4 Å². The quantitative estimate of drug-likeness (QED) is 0.551. The molecule has 0 radical (unpaired) electrons. The second-order valence-electron chi connectivity index (χ2n) is 1.73. The van der Waals surface area contributed by atoms with Gasteiger partial charge in [-0.3, -0.25) is 0 Å². The number of rotatable bonds is 1. The molecule has 50 valence electrons. The molecule has 0 bridgehead atoms. The average Bonchev–Trinajstić information content (AvgIpc) is 1.89. The van der Waals surface area contributed by atoms with E-state index < -0.39 is 0 Å². The predicted octanol–water partition coefficient (Wildman–Crippen LogP) is 3.34. The van der Waals surface area contributed by atoms with Gasteiger partial charge in [-0.1, -0.05) is 50.1 Å². The van der Waals surface area contributed by atoms with Crippen molar-refractivity contribution >= 4 is 31.9 Å². The maximum Gasteiger partial charge on any atom is 0.0294 e. The SMILES string of the molecule is BrCc1ccccc1Br.[Zn]. The Hall–Kier alpha value is 0.803. The third kappa shape index (κ3) is 2.81. The molecule has 0 unspecified atom stereocenters. The van der Waals surface area contributed by atoms with E-state index in [-0.39, 0.29) is 19.5 Å². The molecule has 10 heavy (non-hydrogen) atoms. The summed E-state index contributed by atoms with van der Waals surface area (Å²) in [6.45, 7) is 0. The number of halogens is 2. The Bertz CT molecular complexity index is 201. The summed E-state index contributed by atoms with van der Waals surface area (Å²) in [5, 5.41) is 0.911. The molecule has 0 nitrogen and oxygen atoms in total. The Morgan fingerprint density at radius 1 is 1.20 bits per heavy atom. The van der Waals surface area contributed by atoms with Crippen LogP contribution in [0.2, 0.25) is 0 Å². The van der Waals surface area contributed by atoms with Crippen LogP contribution in [0.25, 0.3) is 0 Å². The van der Waals surface area contributed by atoms with Crippen molar-refractivity contribution < 1.29 is 19.5 Å². The van der Waals surface area contributed by atoms with Crippen molar-refractivity contribution in [3.8, 4) is 0 Å². The van der Waals surface area contributed by atoms with Gasteiger partial charge in [0.2, 0.25) is 0 Å². The Kier molecular flexibility index (Phi) is 5.89. The van der Waals surface area contributed by atoms with Gasteiger partial charge in [0.15, 0.2) is 0 Å². The summed E-state index contributed by atoms with van der Waals surface area (Å²) in [5.74, 6) is 0. The van der Waals surface area contributed by atoms with Crippen LogP contribution in [0.3, 0.4) is 0 Å². The fourth-order valence-corrected chi connectivity index (χ4v) is 1.90.